The molecule has 0 N–H and O–H groups in total. The average molecular weight is 128 g/mol. The van der Waals surface area contributed by atoms with Crippen molar-refractivity contribution in [3.05, 3.63) is 16.6 Å². The molecule has 0 saturated heterocycles. The van der Waals surface area contributed by atoms with Crippen LogP contribution >= 0.6 is 11.3 Å². The van der Waals surface area contributed by atoms with Crippen molar-refractivity contribution in [1.82, 2.24) is 4.98 Å². The first kappa shape index (κ1) is 5.72. The molecule has 0 aliphatic rings. The van der Waals surface area contributed by atoms with Crippen LogP contribution < -0.4 is 0 Å². The van der Waals surface area contributed by atoms with Crippen LogP contribution in [0, 0.1) is 0 Å². The van der Waals surface area contributed by atoms with E-state index in [2.05, 4.69) is 4.98 Å². The number of hydrogen-bond donors (Lipinski definition) is 0. The Bertz CT molecular complexity index is 138. The van der Waals surface area contributed by atoms with E-state index in [9.17, 15) is 5.11 Å². The lowest BCUT2D eigenvalue weighted by molar-refractivity contribution is 0.197. The summed E-state index contributed by atoms with van der Waals surface area (Å²) in [6.45, 7) is -0.0481. The Hall–Kier alpha value is -0.410. The van der Waals surface area contributed by atoms with Crippen molar-refractivity contribution < 1.29 is 5.11 Å². The standard InChI is InChI=1S/C5H6NOS/c7-3-1-5-6-2-4-8-5/h2,4H,1,3H2. The molecule has 1 heterocycles. The molecule has 0 bridgehead atoms. The van der Waals surface area contributed by atoms with Gasteiger partial charge in [-0.05, 0) is 0 Å². The van der Waals surface area contributed by atoms with E-state index in [1.165, 1.54) is 11.3 Å². The maximum Gasteiger partial charge on any atom is 0.0949 e. The van der Waals surface area contributed by atoms with Crippen LogP contribution in [0.4, 0.5) is 0 Å². The topological polar surface area (TPSA) is 32.8 Å². The van der Waals surface area contributed by atoms with E-state index in [-0.39, 0.29) is 6.61 Å². The van der Waals surface area contributed by atoms with E-state index >= 15 is 0 Å². The molecule has 0 aromatic carbocycles. The van der Waals surface area contributed by atoms with Gasteiger partial charge in [-0.3, -0.25) is 0 Å². The number of hydrogen-bond acceptors (Lipinski definition) is 2. The highest BCUT2D eigenvalue weighted by atomic mass is 32.1. The summed E-state index contributed by atoms with van der Waals surface area (Å²) in [4.78, 5) is 3.92. The highest BCUT2D eigenvalue weighted by molar-refractivity contribution is 7.09. The van der Waals surface area contributed by atoms with Gasteiger partial charge in [0.25, 0.3) is 0 Å². The molecule has 0 amide bonds. The lowest BCUT2D eigenvalue weighted by atomic mass is 10.5. The van der Waals surface area contributed by atoms with Gasteiger partial charge in [-0.1, -0.05) is 0 Å². The van der Waals surface area contributed by atoms with Crippen LogP contribution in [0.5, 0.6) is 0 Å². The highest BCUT2D eigenvalue weighted by Crippen LogP contribution is 2.02. The van der Waals surface area contributed by atoms with Crippen molar-refractivity contribution in [3.63, 3.8) is 0 Å². The summed E-state index contributed by atoms with van der Waals surface area (Å²) in [5, 5.41) is 12.8. The summed E-state index contributed by atoms with van der Waals surface area (Å²) in [5.74, 6) is 0. The Morgan fingerprint density at radius 3 is 3.12 bits per heavy atom. The van der Waals surface area contributed by atoms with Crippen molar-refractivity contribution in [3.8, 4) is 0 Å². The second-order valence-corrected chi connectivity index (χ2v) is 2.36. The van der Waals surface area contributed by atoms with Crippen LogP contribution in [-0.4, -0.2) is 11.6 Å². The minimum Gasteiger partial charge on any atom is -0.250 e. The van der Waals surface area contributed by atoms with Crippen molar-refractivity contribution in [2.24, 2.45) is 0 Å². The largest absolute Gasteiger partial charge is 0.250 e. The maximum absolute atomic E-state index is 9.96. The Labute approximate surface area is 51.8 Å². The second-order valence-electron chi connectivity index (χ2n) is 1.38. The Balaban J connectivity index is 2.50. The predicted molar refractivity (Wildman–Crippen MR) is 31.4 cm³/mol. The predicted octanol–water partition coefficient (Wildman–Crippen LogP) is 1.12. The van der Waals surface area contributed by atoms with Gasteiger partial charge >= 0.3 is 0 Å². The van der Waals surface area contributed by atoms with E-state index in [0.717, 1.165) is 5.01 Å². The molecule has 1 aromatic rings. The summed E-state index contributed by atoms with van der Waals surface area (Å²) in [6.07, 6.45) is 2.30. The van der Waals surface area contributed by atoms with Gasteiger partial charge in [0.2, 0.25) is 0 Å². The first-order valence-electron chi connectivity index (χ1n) is 2.40. The van der Waals surface area contributed by atoms with Gasteiger partial charge in [-0.15, -0.1) is 11.3 Å². The number of aromatic nitrogens is 1. The summed E-state index contributed by atoms with van der Waals surface area (Å²) >= 11 is 1.54. The molecule has 0 aliphatic heterocycles. The molecule has 0 aliphatic carbocycles. The molecule has 0 fully saturated rings. The molecule has 1 rings (SSSR count). The third-order valence-electron chi connectivity index (χ3n) is 0.799. The van der Waals surface area contributed by atoms with E-state index in [4.69, 9.17) is 0 Å². The molecule has 43 valence electrons. The smallest absolute Gasteiger partial charge is 0.0949 e. The van der Waals surface area contributed by atoms with Crippen LogP contribution in [0.25, 0.3) is 0 Å². The first-order chi connectivity index (χ1) is 3.93. The third kappa shape index (κ3) is 1.28. The average Bonchev–Trinajstić information content (AvgIpc) is 2.19. The normalized spacial score (nSPS) is 9.62. The number of rotatable bonds is 2. The van der Waals surface area contributed by atoms with Crippen molar-refractivity contribution >= 4 is 11.3 Å². The van der Waals surface area contributed by atoms with Gasteiger partial charge < -0.3 is 0 Å². The fourth-order valence-electron chi connectivity index (χ4n) is 0.464. The zero-order chi connectivity index (χ0) is 5.82. The quantitative estimate of drug-likeness (QED) is 0.587. The van der Waals surface area contributed by atoms with Crippen LogP contribution in [0.3, 0.4) is 0 Å². The SMILES string of the molecule is [O]CCc1nccs1. The fourth-order valence-corrected chi connectivity index (χ4v) is 1.07. The molecule has 2 nitrogen and oxygen atoms in total. The third-order valence-corrected chi connectivity index (χ3v) is 1.64. The number of thiazole rings is 1. The Morgan fingerprint density at radius 2 is 2.62 bits per heavy atom. The molecule has 1 radical (unpaired) electrons. The van der Waals surface area contributed by atoms with Crippen molar-refractivity contribution in [1.29, 1.82) is 0 Å². The fraction of sp³-hybridized carbons (Fsp3) is 0.400. The Morgan fingerprint density at radius 1 is 1.75 bits per heavy atom. The molecular formula is C5H6NOS. The molecule has 0 atom stereocenters. The van der Waals surface area contributed by atoms with Gasteiger partial charge in [0, 0.05) is 18.0 Å². The minimum atomic E-state index is -0.0481. The lowest BCUT2D eigenvalue weighted by Gasteiger charge is -1.82. The van der Waals surface area contributed by atoms with Gasteiger partial charge in [0.1, 0.15) is 0 Å². The van der Waals surface area contributed by atoms with Crippen molar-refractivity contribution in [2.45, 2.75) is 6.42 Å². The molecule has 3 heteroatoms. The molecular weight excluding hydrogens is 122 g/mol. The van der Waals surface area contributed by atoms with E-state index < -0.39 is 0 Å². The summed E-state index contributed by atoms with van der Waals surface area (Å²) in [5.41, 5.74) is 0. The summed E-state index contributed by atoms with van der Waals surface area (Å²) < 4.78 is 0. The maximum atomic E-state index is 9.96. The lowest BCUT2D eigenvalue weighted by Crippen LogP contribution is -1.85. The van der Waals surface area contributed by atoms with Gasteiger partial charge in [0.15, 0.2) is 0 Å². The van der Waals surface area contributed by atoms with Crippen molar-refractivity contribution in [2.75, 3.05) is 6.61 Å². The second kappa shape index (κ2) is 2.79. The van der Waals surface area contributed by atoms with Crippen LogP contribution in [0.2, 0.25) is 0 Å². The summed E-state index contributed by atoms with van der Waals surface area (Å²) in [6, 6.07) is 0. The van der Waals surface area contributed by atoms with Crippen LogP contribution in [0.15, 0.2) is 11.6 Å². The van der Waals surface area contributed by atoms with Crippen LogP contribution in [0.1, 0.15) is 5.01 Å². The van der Waals surface area contributed by atoms with Gasteiger partial charge in [0.05, 0.1) is 11.6 Å². The zero-order valence-electron chi connectivity index (χ0n) is 4.33. The molecule has 0 unspecified atom stereocenters. The monoisotopic (exact) mass is 128 g/mol. The van der Waals surface area contributed by atoms with Gasteiger partial charge in [-0.25, -0.2) is 10.1 Å². The molecule has 8 heavy (non-hydrogen) atoms. The number of nitrogens with zero attached hydrogens (tertiary/aromatic N) is 1. The zero-order valence-corrected chi connectivity index (χ0v) is 5.15. The van der Waals surface area contributed by atoms with Crippen LogP contribution in [-0.2, 0) is 11.5 Å². The highest BCUT2D eigenvalue weighted by Gasteiger charge is 1.90. The van der Waals surface area contributed by atoms with E-state index in [0.29, 0.717) is 6.42 Å². The van der Waals surface area contributed by atoms with E-state index in [1.807, 2.05) is 5.38 Å². The van der Waals surface area contributed by atoms with Gasteiger partial charge in [-0.2, -0.15) is 0 Å². The molecule has 1 aromatic heterocycles. The molecule has 0 spiro atoms. The van der Waals surface area contributed by atoms with E-state index in [1.54, 1.807) is 6.20 Å². The Kier molecular flexibility index (Phi) is 2.00. The minimum absolute atomic E-state index is 0.0481. The first-order valence-corrected chi connectivity index (χ1v) is 3.28. The molecule has 0 saturated carbocycles. The summed E-state index contributed by atoms with van der Waals surface area (Å²) in [7, 11) is 0.